The van der Waals surface area contributed by atoms with E-state index in [4.69, 9.17) is 0 Å². The summed E-state index contributed by atoms with van der Waals surface area (Å²) in [5.41, 5.74) is 0. The minimum absolute atomic E-state index is 0.828. The molecule has 0 saturated heterocycles. The van der Waals surface area contributed by atoms with Gasteiger partial charge in [0, 0.05) is 6.04 Å². The van der Waals surface area contributed by atoms with Crippen LogP contribution in [0.3, 0.4) is 0 Å². The van der Waals surface area contributed by atoms with Gasteiger partial charge in [-0.3, -0.25) is 0 Å². The van der Waals surface area contributed by atoms with Crippen molar-refractivity contribution in [3.63, 3.8) is 0 Å². The van der Waals surface area contributed by atoms with Crippen LogP contribution in [0.4, 0.5) is 0 Å². The van der Waals surface area contributed by atoms with Crippen molar-refractivity contribution in [3.8, 4) is 0 Å². The predicted octanol–water partition coefficient (Wildman–Crippen LogP) is 4.13. The van der Waals surface area contributed by atoms with Crippen LogP contribution in [0, 0.1) is 5.92 Å². The van der Waals surface area contributed by atoms with Crippen molar-refractivity contribution < 1.29 is 0 Å². The lowest BCUT2D eigenvalue weighted by Crippen LogP contribution is -2.30. The van der Waals surface area contributed by atoms with Crippen molar-refractivity contribution in [2.24, 2.45) is 5.92 Å². The van der Waals surface area contributed by atoms with E-state index in [2.05, 4.69) is 19.2 Å². The Bertz CT molecular complexity index is 140. The lowest BCUT2D eigenvalue weighted by molar-refractivity contribution is 0.415. The number of nitrogens with one attached hydrogen (secondary N) is 1. The van der Waals surface area contributed by atoms with Gasteiger partial charge in [-0.15, -0.1) is 0 Å². The van der Waals surface area contributed by atoms with Gasteiger partial charge in [0.25, 0.3) is 0 Å². The molecular weight excluding hydrogens is 182 g/mol. The van der Waals surface area contributed by atoms with E-state index in [0.717, 1.165) is 12.0 Å². The van der Waals surface area contributed by atoms with Gasteiger partial charge in [0.15, 0.2) is 0 Å². The summed E-state index contributed by atoms with van der Waals surface area (Å²) in [6, 6.07) is 0.828. The fourth-order valence-electron chi connectivity index (χ4n) is 2.23. The summed E-state index contributed by atoms with van der Waals surface area (Å²) in [4.78, 5) is 0. The van der Waals surface area contributed by atoms with Gasteiger partial charge in [0.2, 0.25) is 0 Å². The molecule has 0 amide bonds. The summed E-state index contributed by atoms with van der Waals surface area (Å²) in [7, 11) is 0. The summed E-state index contributed by atoms with van der Waals surface area (Å²) >= 11 is 0. The van der Waals surface area contributed by atoms with Gasteiger partial charge in [-0.2, -0.15) is 0 Å². The Morgan fingerprint density at radius 3 is 2.47 bits per heavy atom. The van der Waals surface area contributed by atoms with Crippen LogP contribution in [-0.2, 0) is 0 Å². The summed E-state index contributed by atoms with van der Waals surface area (Å²) < 4.78 is 0. The van der Waals surface area contributed by atoms with Crippen LogP contribution in [0.2, 0.25) is 0 Å². The second-order valence-electron chi connectivity index (χ2n) is 5.18. The molecular formula is C14H29N. The van der Waals surface area contributed by atoms with Crippen LogP contribution in [0.15, 0.2) is 0 Å². The van der Waals surface area contributed by atoms with Gasteiger partial charge in [0.05, 0.1) is 0 Å². The highest BCUT2D eigenvalue weighted by atomic mass is 14.9. The Kier molecular flexibility index (Phi) is 7.08. The van der Waals surface area contributed by atoms with Gasteiger partial charge in [-0.25, -0.2) is 0 Å². The van der Waals surface area contributed by atoms with Crippen molar-refractivity contribution in [2.75, 3.05) is 6.54 Å². The number of rotatable bonds is 10. The average molecular weight is 211 g/mol. The topological polar surface area (TPSA) is 12.0 Å². The predicted molar refractivity (Wildman–Crippen MR) is 68.2 cm³/mol. The zero-order chi connectivity index (χ0) is 10.9. The van der Waals surface area contributed by atoms with Crippen LogP contribution >= 0.6 is 0 Å². The smallest absolute Gasteiger partial charge is 0.00696 e. The Labute approximate surface area is 96.0 Å². The first-order valence-electron chi connectivity index (χ1n) is 7.10. The molecule has 1 heteroatoms. The monoisotopic (exact) mass is 211 g/mol. The number of unbranched alkanes of at least 4 members (excludes halogenated alkanes) is 3. The maximum Gasteiger partial charge on any atom is 0.00696 e. The molecule has 0 aromatic heterocycles. The number of hydrogen-bond donors (Lipinski definition) is 1. The Balaban J connectivity index is 2.04. The van der Waals surface area contributed by atoms with Crippen molar-refractivity contribution in [2.45, 2.75) is 77.7 Å². The van der Waals surface area contributed by atoms with E-state index in [9.17, 15) is 0 Å². The molecule has 1 nitrogen and oxygen atoms in total. The molecule has 0 aromatic carbocycles. The van der Waals surface area contributed by atoms with Gasteiger partial charge >= 0.3 is 0 Å². The third-order valence-corrected chi connectivity index (χ3v) is 3.40. The van der Waals surface area contributed by atoms with Crippen molar-refractivity contribution in [1.82, 2.24) is 5.32 Å². The number of hydrogen-bond acceptors (Lipinski definition) is 1. The molecule has 0 aliphatic heterocycles. The second-order valence-corrected chi connectivity index (χ2v) is 5.18. The van der Waals surface area contributed by atoms with Crippen molar-refractivity contribution >= 4 is 0 Å². The van der Waals surface area contributed by atoms with Crippen LogP contribution in [0.25, 0.3) is 0 Å². The molecule has 1 atom stereocenters. The van der Waals surface area contributed by atoms with Crippen molar-refractivity contribution in [3.05, 3.63) is 0 Å². The van der Waals surface area contributed by atoms with E-state index >= 15 is 0 Å². The maximum atomic E-state index is 3.72. The van der Waals surface area contributed by atoms with E-state index in [-0.39, 0.29) is 0 Å². The van der Waals surface area contributed by atoms with E-state index < -0.39 is 0 Å². The summed E-state index contributed by atoms with van der Waals surface area (Å²) in [6.07, 6.45) is 12.8. The summed E-state index contributed by atoms with van der Waals surface area (Å²) in [5, 5.41) is 3.72. The summed E-state index contributed by atoms with van der Waals surface area (Å²) in [6.45, 7) is 5.76. The van der Waals surface area contributed by atoms with E-state index in [1.807, 2.05) is 0 Å². The van der Waals surface area contributed by atoms with Gasteiger partial charge in [0.1, 0.15) is 0 Å². The lowest BCUT2D eigenvalue weighted by Gasteiger charge is -2.18. The highest BCUT2D eigenvalue weighted by Crippen LogP contribution is 2.34. The zero-order valence-corrected chi connectivity index (χ0v) is 10.7. The molecule has 15 heavy (non-hydrogen) atoms. The van der Waals surface area contributed by atoms with Crippen LogP contribution in [0.1, 0.15) is 71.6 Å². The summed E-state index contributed by atoms with van der Waals surface area (Å²) in [5.74, 6) is 1.07. The third-order valence-electron chi connectivity index (χ3n) is 3.40. The molecule has 1 fully saturated rings. The molecule has 0 heterocycles. The quantitative estimate of drug-likeness (QED) is 0.536. The minimum Gasteiger partial charge on any atom is -0.314 e. The van der Waals surface area contributed by atoms with Crippen LogP contribution in [-0.4, -0.2) is 12.6 Å². The molecule has 1 aliphatic carbocycles. The molecule has 1 N–H and O–H groups in total. The normalized spacial score (nSPS) is 18.0. The first-order valence-corrected chi connectivity index (χ1v) is 7.10. The average Bonchev–Trinajstić information content (AvgIpc) is 3.04. The maximum absolute atomic E-state index is 3.72. The molecule has 90 valence electrons. The fourth-order valence-corrected chi connectivity index (χ4v) is 2.23. The van der Waals surface area contributed by atoms with Crippen LogP contribution in [0.5, 0.6) is 0 Å². The van der Waals surface area contributed by atoms with E-state index in [1.165, 1.54) is 64.3 Å². The molecule has 1 saturated carbocycles. The molecule has 1 unspecified atom stereocenters. The SMILES string of the molecule is CCCCCCC(CC1CC1)NCCC. The Hall–Kier alpha value is -0.0400. The zero-order valence-electron chi connectivity index (χ0n) is 10.7. The highest BCUT2D eigenvalue weighted by Gasteiger charge is 2.24. The first kappa shape index (κ1) is 13.0. The Morgan fingerprint density at radius 2 is 1.87 bits per heavy atom. The van der Waals surface area contributed by atoms with Crippen molar-refractivity contribution in [1.29, 1.82) is 0 Å². The van der Waals surface area contributed by atoms with Gasteiger partial charge < -0.3 is 5.32 Å². The first-order chi connectivity index (χ1) is 7.36. The Morgan fingerprint density at radius 1 is 1.07 bits per heavy atom. The van der Waals surface area contributed by atoms with Gasteiger partial charge in [-0.1, -0.05) is 52.4 Å². The fraction of sp³-hybridized carbons (Fsp3) is 1.00. The molecule has 0 bridgehead atoms. The molecule has 0 spiro atoms. The highest BCUT2D eigenvalue weighted by molar-refractivity contribution is 4.80. The van der Waals surface area contributed by atoms with Crippen LogP contribution < -0.4 is 5.32 Å². The largest absolute Gasteiger partial charge is 0.314 e. The molecule has 0 radical (unpaired) electrons. The van der Waals surface area contributed by atoms with E-state index in [0.29, 0.717) is 0 Å². The molecule has 1 aliphatic rings. The standard InChI is InChI=1S/C14H29N/c1-3-5-6-7-8-14(15-11-4-2)12-13-9-10-13/h13-15H,3-12H2,1-2H3. The second kappa shape index (κ2) is 8.15. The molecule has 1 rings (SSSR count). The van der Waals surface area contributed by atoms with Gasteiger partial charge in [-0.05, 0) is 31.7 Å². The van der Waals surface area contributed by atoms with E-state index in [1.54, 1.807) is 0 Å². The minimum atomic E-state index is 0.828. The molecule has 0 aromatic rings. The lowest BCUT2D eigenvalue weighted by atomic mass is 10.0. The third kappa shape index (κ3) is 6.94.